The van der Waals surface area contributed by atoms with Crippen molar-refractivity contribution in [2.24, 2.45) is 70.1 Å². The molecule has 5 aliphatic rings. The fraction of sp³-hybridized carbons (Fsp3) is 0.811. The Bertz CT molecular complexity index is 3000. The van der Waals surface area contributed by atoms with Crippen LogP contribution in [0.2, 0.25) is 0 Å². The number of hydrogen-bond donors (Lipinski definition) is 2. The predicted octanol–water partition coefficient (Wildman–Crippen LogP) is 19.6. The van der Waals surface area contributed by atoms with Crippen molar-refractivity contribution in [2.45, 2.75) is 350 Å². The van der Waals surface area contributed by atoms with Crippen LogP contribution < -0.4 is 0 Å². The van der Waals surface area contributed by atoms with Crippen molar-refractivity contribution in [1.82, 2.24) is 4.67 Å². The van der Waals surface area contributed by atoms with E-state index in [0.717, 1.165) is 116 Å². The molecule has 21 atom stereocenters. The summed E-state index contributed by atoms with van der Waals surface area (Å²) in [6.45, 7) is 47.7. The predicted molar refractivity (Wildman–Crippen MR) is 477 cm³/mol. The van der Waals surface area contributed by atoms with Crippen molar-refractivity contribution in [2.75, 3.05) is 85.9 Å². The van der Waals surface area contributed by atoms with Gasteiger partial charge in [0.2, 0.25) is 6.29 Å². The van der Waals surface area contributed by atoms with Gasteiger partial charge in [-0.1, -0.05) is 209 Å². The van der Waals surface area contributed by atoms with Gasteiger partial charge >= 0.3 is 23.9 Å². The van der Waals surface area contributed by atoms with Gasteiger partial charge in [-0.05, 0) is 138 Å². The highest BCUT2D eigenvalue weighted by atomic mass is 31.2. The smallest absolute Gasteiger partial charge is 0.302 e. The highest BCUT2D eigenvalue weighted by molar-refractivity contribution is 7.44. The second kappa shape index (κ2) is 67.4. The molecule has 26 heteroatoms. The van der Waals surface area contributed by atoms with Crippen LogP contribution in [0.5, 0.6) is 0 Å². The first-order valence-corrected chi connectivity index (χ1v) is 46.0. The molecule has 4 saturated heterocycles. The largest absolute Gasteiger partial charge is 0.463 e. The molecule has 2 aromatic carbocycles. The lowest BCUT2D eigenvalue weighted by molar-refractivity contribution is -0.255. The Morgan fingerprint density at radius 3 is 1.06 bits per heavy atom. The normalized spacial score (nSPS) is 26.8. The number of rotatable bonds is 49. The standard InChI is InChI=1S/C26H49N2O6P.C24H38O5.C17H32O5.C14H22O2.C12H19NO4.2CH4/c1-19(2)28(20(3)4)35(33-17-13-14-27)32-16-12-10-9-11-15-30-26-23(7)21(5)22(6)25(34-26)18-31-24(8)29;1-18-19(2)23(17-28-21(4)25)29-24(20(18)3)27-15-11-6-5-10-14-26-16-22-12-8-7-9-13-22;1-12-13(2)16(11-21-15(4)19)22-17(14(12)3)20-10-8-6-5-7-9-18;15-11-7-2-1-3-8-12-16-13-14-9-5-4-6-10-14;1-6-7(2)11-12(16-8(3)13-11)17-10(6)5-15-9(4)14;;/h19-23,25-26H,9-13,15-18H2,1-8H3;7-9,12-13,18-20,23-24H,5-6,10-11,14-17H2,1-4H3;12-14,16-18H,5-11H2,1-4H3;4-6,9-10,15H,1-3,7-8,11-13H2;6-7,10-12H,5H2,1-4H3;2*1H4/t21-,22+,23?,25?,26+,35?;18-,19+,20?,23?,24+;12-,13+,14?,16?,17+;;6-,7?,10?,11+,12-;;/m000.1../s1. The number of aliphatic hydroxyl groups is 2. The molecule has 9 unspecified atom stereocenters. The molecule has 5 heterocycles. The number of aliphatic hydroxyl groups excluding tert-OH is 2. The van der Waals surface area contributed by atoms with Crippen LogP contribution in [-0.4, -0.2) is 198 Å². The Hall–Kier alpha value is -4.85. The molecule has 121 heavy (non-hydrogen) atoms. The number of esters is 4. The third-order valence-electron chi connectivity index (χ3n) is 23.6. The van der Waals surface area contributed by atoms with Crippen LogP contribution in [0.3, 0.4) is 0 Å². The number of aliphatic imine (C=N–C) groups is 1. The van der Waals surface area contributed by atoms with E-state index < -0.39 is 8.53 Å². The van der Waals surface area contributed by atoms with Gasteiger partial charge < -0.3 is 85.6 Å². The second-order valence-corrected chi connectivity index (χ2v) is 35.1. The molecule has 0 spiro atoms. The zero-order chi connectivity index (χ0) is 88.0. The fourth-order valence-corrected chi connectivity index (χ4v) is 16.4. The van der Waals surface area contributed by atoms with Crippen LogP contribution in [0.1, 0.15) is 280 Å². The van der Waals surface area contributed by atoms with Gasteiger partial charge in [0.25, 0.3) is 8.53 Å². The lowest BCUT2D eigenvalue weighted by atomic mass is 9.79. The van der Waals surface area contributed by atoms with Gasteiger partial charge in [-0.25, -0.2) is 9.66 Å². The quantitative estimate of drug-likeness (QED) is 0.0269. The molecule has 4 fully saturated rings. The minimum absolute atomic E-state index is 0. The van der Waals surface area contributed by atoms with Gasteiger partial charge in [0.15, 0.2) is 24.8 Å². The van der Waals surface area contributed by atoms with Gasteiger partial charge in [-0.2, -0.15) is 5.26 Å². The lowest BCUT2D eigenvalue weighted by Crippen LogP contribution is -2.49. The van der Waals surface area contributed by atoms with Gasteiger partial charge in [0, 0.05) is 111 Å². The summed E-state index contributed by atoms with van der Waals surface area (Å²) >= 11 is 0. The number of benzene rings is 2. The summed E-state index contributed by atoms with van der Waals surface area (Å²) in [4.78, 5) is 48.6. The summed E-state index contributed by atoms with van der Waals surface area (Å²) in [7, 11) is -1.17. The second-order valence-electron chi connectivity index (χ2n) is 33.6. The Morgan fingerprint density at radius 2 is 0.727 bits per heavy atom. The lowest BCUT2D eigenvalue weighted by Gasteiger charge is -2.43. The van der Waals surface area contributed by atoms with Crippen molar-refractivity contribution in [3.8, 4) is 6.07 Å². The van der Waals surface area contributed by atoms with Crippen LogP contribution in [0, 0.1) is 76.4 Å². The summed E-state index contributed by atoms with van der Waals surface area (Å²) in [5, 5.41) is 26.2. The van der Waals surface area contributed by atoms with Crippen molar-refractivity contribution in [3.63, 3.8) is 0 Å². The van der Waals surface area contributed by atoms with E-state index in [1.807, 2.05) is 43.3 Å². The van der Waals surface area contributed by atoms with Gasteiger partial charge in [-0.15, -0.1) is 0 Å². The Kier molecular flexibility index (Phi) is 63.6. The first kappa shape index (κ1) is 114. The summed E-state index contributed by atoms with van der Waals surface area (Å²) in [6.07, 6.45) is 16.8. The molecule has 2 aromatic rings. The molecule has 700 valence electrons. The van der Waals surface area contributed by atoms with Crippen molar-refractivity contribution in [3.05, 3.63) is 71.8 Å². The number of carbonyl (C=O) groups is 4. The number of carbonyl (C=O) groups excluding carboxylic acids is 4. The molecule has 0 radical (unpaired) electrons. The molecule has 7 rings (SSSR count). The van der Waals surface area contributed by atoms with Crippen molar-refractivity contribution in [1.29, 1.82) is 5.26 Å². The van der Waals surface area contributed by atoms with Crippen molar-refractivity contribution < 1.29 is 105 Å². The fourth-order valence-electron chi connectivity index (χ4n) is 14.8. The van der Waals surface area contributed by atoms with Crippen molar-refractivity contribution >= 4 is 38.3 Å². The highest BCUT2D eigenvalue weighted by Gasteiger charge is 2.47. The van der Waals surface area contributed by atoms with Crippen LogP contribution in [-0.2, 0) is 108 Å². The van der Waals surface area contributed by atoms with Gasteiger partial charge in [-0.3, -0.25) is 19.2 Å². The highest BCUT2D eigenvalue weighted by Crippen LogP contribution is 2.47. The molecule has 0 amide bonds. The zero-order valence-corrected chi connectivity index (χ0v) is 77.6. The summed E-state index contributed by atoms with van der Waals surface area (Å²) in [6, 6.07) is 23.3. The van der Waals surface area contributed by atoms with Crippen LogP contribution in [0.25, 0.3) is 0 Å². The molecule has 5 aliphatic heterocycles. The van der Waals surface area contributed by atoms with E-state index >= 15 is 0 Å². The van der Waals surface area contributed by atoms with E-state index in [1.165, 1.54) is 51.7 Å². The van der Waals surface area contributed by atoms with E-state index in [2.05, 4.69) is 144 Å². The monoisotopic (exact) mass is 1730 g/mol. The molecule has 25 nitrogen and oxygen atoms in total. The Labute approximate surface area is 733 Å². The first-order chi connectivity index (χ1) is 57.0. The van der Waals surface area contributed by atoms with Gasteiger partial charge in [0.05, 0.1) is 63.3 Å². The van der Waals surface area contributed by atoms with E-state index in [9.17, 15) is 19.2 Å². The maximum Gasteiger partial charge on any atom is 0.302 e. The summed E-state index contributed by atoms with van der Waals surface area (Å²) in [5.41, 5.74) is 2.46. The Morgan fingerprint density at radius 1 is 0.421 bits per heavy atom. The number of ether oxygens (including phenoxy) is 14. The third kappa shape index (κ3) is 47.0. The number of nitriles is 1. The summed E-state index contributed by atoms with van der Waals surface area (Å²) in [5.74, 6) is 3.44. The minimum atomic E-state index is -1.17. The van der Waals surface area contributed by atoms with Crippen LogP contribution in [0.15, 0.2) is 65.7 Å². The molecule has 0 aromatic heterocycles. The SMILES string of the molecule is C.C.CC(=O)OCC1O[C@@H](OCCCCCCO)C(C)[C@@H](C)[C@H]1C.CC(=O)OCC1O[C@@H](OCCCCCCOCc2ccccc2)C(C)[C@@H](C)[C@H]1C.CC(=O)OCC1O[C@@H](OCCCCCCOP(OCCC#N)N(C(C)C)C(C)C)C(C)[C@@H](C)[C@H]1C.CC(=O)OCC1O[C@H]2OC(C)=N[C@H]2C(C)[C@H]1C.OCCCCCCCOCc1ccccc1. The Balaban J connectivity index is 0.000000775. The number of hydrogen-bond acceptors (Lipinski definition) is 25. The van der Waals surface area contributed by atoms with E-state index in [0.29, 0.717) is 137 Å². The molecular formula is C95H168N3O22P. The molecular weight excluding hydrogens is 1570 g/mol. The maximum absolute atomic E-state index is 11.2. The van der Waals surface area contributed by atoms with Gasteiger partial charge in [0.1, 0.15) is 32.5 Å². The molecule has 0 aliphatic carbocycles. The average Bonchev–Trinajstić information content (AvgIpc) is 1.65. The van der Waals surface area contributed by atoms with E-state index in [-0.39, 0.29) is 126 Å². The average molecular weight is 1740 g/mol. The third-order valence-corrected chi connectivity index (χ3v) is 25.7. The minimum Gasteiger partial charge on any atom is -0.463 e. The number of fused-ring (bicyclic) bond motifs is 1. The maximum atomic E-state index is 11.2. The topological polar surface area (TPSA) is 296 Å². The van der Waals surface area contributed by atoms with E-state index in [4.69, 9.17) is 90.8 Å². The van der Waals surface area contributed by atoms with Crippen LogP contribution in [0.4, 0.5) is 0 Å². The number of unbranched alkanes of at least 4 members (excludes halogenated alkanes) is 13. The molecule has 2 N–H and O–H groups in total. The van der Waals surface area contributed by atoms with Crippen LogP contribution >= 0.6 is 8.53 Å². The summed E-state index contributed by atoms with van der Waals surface area (Å²) < 4.78 is 93.7. The molecule has 0 bridgehead atoms. The first-order valence-electron chi connectivity index (χ1n) is 44.8. The zero-order valence-electron chi connectivity index (χ0n) is 76.7. The molecule has 0 saturated carbocycles. The van der Waals surface area contributed by atoms with E-state index in [1.54, 1.807) is 0 Å². The number of nitrogens with zero attached hydrogens (tertiary/aromatic N) is 3.